The molecule has 1 heteroatoms. The van der Waals surface area contributed by atoms with E-state index in [1.54, 1.807) is 5.57 Å². The average molecular weight is 193 g/mol. The predicted octanol–water partition coefficient (Wildman–Crippen LogP) is 3.36. The van der Waals surface area contributed by atoms with Gasteiger partial charge in [-0.05, 0) is 39.2 Å². The lowest BCUT2D eigenvalue weighted by atomic mass is 9.95. The van der Waals surface area contributed by atoms with E-state index in [-0.39, 0.29) is 0 Å². The first-order valence-electron chi connectivity index (χ1n) is 6.29. The summed E-state index contributed by atoms with van der Waals surface area (Å²) in [5.74, 6) is 0. The second kappa shape index (κ2) is 4.48. The molecule has 0 radical (unpaired) electrons. The Kier molecular flexibility index (Phi) is 3.27. The van der Waals surface area contributed by atoms with Gasteiger partial charge in [0.2, 0.25) is 0 Å². The molecule has 2 atom stereocenters. The van der Waals surface area contributed by atoms with Crippen LogP contribution in [0.5, 0.6) is 0 Å². The van der Waals surface area contributed by atoms with E-state index in [0.717, 1.165) is 6.04 Å². The first kappa shape index (κ1) is 10.2. The Morgan fingerprint density at radius 1 is 1.43 bits per heavy atom. The summed E-state index contributed by atoms with van der Waals surface area (Å²) in [6.45, 7) is 5.98. The molecule has 80 valence electrons. The van der Waals surface area contributed by atoms with Crippen molar-refractivity contribution in [3.8, 4) is 0 Å². The highest BCUT2D eigenvalue weighted by Gasteiger charge is 2.32. The summed E-state index contributed by atoms with van der Waals surface area (Å²) in [6.07, 6.45) is 10.9. The first-order chi connectivity index (χ1) is 6.83. The van der Waals surface area contributed by atoms with Gasteiger partial charge < -0.3 is 0 Å². The van der Waals surface area contributed by atoms with Crippen LogP contribution in [0.3, 0.4) is 0 Å². The van der Waals surface area contributed by atoms with Crippen LogP contribution in [0.25, 0.3) is 0 Å². The van der Waals surface area contributed by atoms with Crippen LogP contribution < -0.4 is 0 Å². The van der Waals surface area contributed by atoms with E-state index in [4.69, 9.17) is 0 Å². The third kappa shape index (κ3) is 1.88. The molecule has 1 nitrogen and oxygen atoms in total. The topological polar surface area (TPSA) is 3.24 Å². The number of hydrogen-bond acceptors (Lipinski definition) is 1. The molecule has 0 N–H and O–H groups in total. The van der Waals surface area contributed by atoms with Crippen molar-refractivity contribution < 1.29 is 0 Å². The summed E-state index contributed by atoms with van der Waals surface area (Å²) < 4.78 is 0. The number of fused-ring (bicyclic) bond motifs is 1. The van der Waals surface area contributed by atoms with Gasteiger partial charge in [-0.25, -0.2) is 0 Å². The molecule has 0 aliphatic carbocycles. The summed E-state index contributed by atoms with van der Waals surface area (Å²) >= 11 is 0. The van der Waals surface area contributed by atoms with E-state index in [1.807, 2.05) is 0 Å². The van der Waals surface area contributed by atoms with Crippen LogP contribution in [-0.4, -0.2) is 23.5 Å². The Morgan fingerprint density at radius 3 is 3.07 bits per heavy atom. The average Bonchev–Trinajstić information content (AvgIpc) is 2.54. The summed E-state index contributed by atoms with van der Waals surface area (Å²) in [6, 6.07) is 1.54. The van der Waals surface area contributed by atoms with E-state index in [2.05, 4.69) is 24.8 Å². The molecule has 2 aliphatic heterocycles. The second-order valence-electron chi connectivity index (χ2n) is 4.84. The minimum absolute atomic E-state index is 0.715. The number of hydrogen-bond donors (Lipinski definition) is 0. The van der Waals surface area contributed by atoms with Gasteiger partial charge in [-0.2, -0.15) is 0 Å². The lowest BCUT2D eigenvalue weighted by molar-refractivity contribution is 0.166. The fourth-order valence-corrected chi connectivity index (χ4v) is 2.99. The van der Waals surface area contributed by atoms with Crippen LogP contribution in [0.4, 0.5) is 0 Å². The zero-order valence-corrected chi connectivity index (χ0v) is 9.63. The Hall–Kier alpha value is -0.300. The van der Waals surface area contributed by atoms with Crippen LogP contribution in [0.1, 0.15) is 52.4 Å². The highest BCUT2D eigenvalue weighted by atomic mass is 15.2. The van der Waals surface area contributed by atoms with Crippen LogP contribution in [0.15, 0.2) is 11.6 Å². The molecule has 0 bridgehead atoms. The molecule has 1 fully saturated rings. The molecule has 0 saturated carbocycles. The summed E-state index contributed by atoms with van der Waals surface area (Å²) in [5.41, 5.74) is 1.75. The fraction of sp³-hybridized carbons (Fsp3) is 0.846. The molecule has 0 amide bonds. The van der Waals surface area contributed by atoms with Crippen molar-refractivity contribution in [3.63, 3.8) is 0 Å². The highest BCUT2D eigenvalue weighted by Crippen LogP contribution is 2.33. The second-order valence-corrected chi connectivity index (χ2v) is 4.84. The van der Waals surface area contributed by atoms with Crippen molar-refractivity contribution in [3.05, 3.63) is 11.6 Å². The van der Waals surface area contributed by atoms with Crippen molar-refractivity contribution in [2.75, 3.05) is 6.54 Å². The van der Waals surface area contributed by atoms with Crippen molar-refractivity contribution in [2.45, 2.75) is 64.5 Å². The van der Waals surface area contributed by atoms with Crippen LogP contribution in [0.2, 0.25) is 0 Å². The largest absolute Gasteiger partial charge is 0.291 e. The lowest BCUT2D eigenvalue weighted by Crippen LogP contribution is -2.40. The van der Waals surface area contributed by atoms with Crippen LogP contribution in [0, 0.1) is 0 Å². The maximum atomic E-state index is 2.70. The minimum atomic E-state index is 0.715. The highest BCUT2D eigenvalue weighted by molar-refractivity contribution is 5.22. The summed E-state index contributed by atoms with van der Waals surface area (Å²) in [7, 11) is 0. The van der Waals surface area contributed by atoms with Gasteiger partial charge in [-0.1, -0.05) is 31.4 Å². The third-order valence-corrected chi connectivity index (χ3v) is 3.77. The van der Waals surface area contributed by atoms with Crippen molar-refractivity contribution >= 4 is 0 Å². The number of rotatable bonds is 3. The van der Waals surface area contributed by atoms with Gasteiger partial charge in [0.05, 0.1) is 0 Å². The Balaban J connectivity index is 1.99. The molecule has 0 spiro atoms. The summed E-state index contributed by atoms with van der Waals surface area (Å²) in [4.78, 5) is 2.70. The maximum absolute atomic E-state index is 2.70. The molecule has 2 heterocycles. The molecule has 2 aliphatic rings. The zero-order valence-electron chi connectivity index (χ0n) is 9.63. The fourth-order valence-electron chi connectivity index (χ4n) is 2.99. The van der Waals surface area contributed by atoms with Gasteiger partial charge in [-0.3, -0.25) is 4.90 Å². The van der Waals surface area contributed by atoms with E-state index in [0.29, 0.717) is 6.04 Å². The van der Waals surface area contributed by atoms with Gasteiger partial charge in [0, 0.05) is 12.1 Å². The van der Waals surface area contributed by atoms with Gasteiger partial charge in [0.25, 0.3) is 0 Å². The lowest BCUT2D eigenvalue weighted by Gasteiger charge is -2.34. The first-order valence-corrected chi connectivity index (χ1v) is 6.29. The van der Waals surface area contributed by atoms with Crippen LogP contribution >= 0.6 is 0 Å². The molecular weight excluding hydrogens is 170 g/mol. The van der Waals surface area contributed by atoms with Gasteiger partial charge in [-0.15, -0.1) is 0 Å². The SMILES string of the molecule is CCCCC1=CC(C)N2CCCCC12. The number of unbranched alkanes of at least 4 members (excludes halogenated alkanes) is 1. The molecule has 2 rings (SSSR count). The quantitative estimate of drug-likeness (QED) is 0.621. The van der Waals surface area contributed by atoms with E-state index < -0.39 is 0 Å². The van der Waals surface area contributed by atoms with Gasteiger partial charge in [0.15, 0.2) is 0 Å². The standard InChI is InChI=1S/C13H23N/c1-3-4-7-12-10-11(2)14-9-6-5-8-13(12)14/h10-11,13H,3-9H2,1-2H3. The smallest absolute Gasteiger partial charge is 0.0313 e. The summed E-state index contributed by atoms with van der Waals surface area (Å²) in [5, 5.41) is 0. The van der Waals surface area contributed by atoms with Gasteiger partial charge in [0.1, 0.15) is 0 Å². The molecule has 1 saturated heterocycles. The molecule has 0 aromatic heterocycles. The van der Waals surface area contributed by atoms with Gasteiger partial charge >= 0.3 is 0 Å². The predicted molar refractivity (Wildman–Crippen MR) is 61.4 cm³/mol. The Bertz CT molecular complexity index is 219. The van der Waals surface area contributed by atoms with Crippen molar-refractivity contribution in [2.24, 2.45) is 0 Å². The molecule has 0 aromatic carbocycles. The van der Waals surface area contributed by atoms with Crippen molar-refractivity contribution in [1.82, 2.24) is 4.90 Å². The van der Waals surface area contributed by atoms with E-state index in [1.165, 1.54) is 45.1 Å². The Labute approximate surface area is 88.2 Å². The third-order valence-electron chi connectivity index (χ3n) is 3.77. The number of nitrogens with zero attached hydrogens (tertiary/aromatic N) is 1. The monoisotopic (exact) mass is 193 g/mol. The molecule has 14 heavy (non-hydrogen) atoms. The molecule has 0 aromatic rings. The molecule has 2 unspecified atom stereocenters. The zero-order chi connectivity index (χ0) is 9.97. The van der Waals surface area contributed by atoms with Crippen molar-refractivity contribution in [1.29, 1.82) is 0 Å². The van der Waals surface area contributed by atoms with E-state index >= 15 is 0 Å². The number of piperidine rings is 1. The normalized spacial score (nSPS) is 32.9. The minimum Gasteiger partial charge on any atom is -0.291 e. The maximum Gasteiger partial charge on any atom is 0.0313 e. The van der Waals surface area contributed by atoms with Crippen LogP contribution in [-0.2, 0) is 0 Å². The molecular formula is C13H23N. The Morgan fingerprint density at radius 2 is 2.29 bits per heavy atom. The van der Waals surface area contributed by atoms with E-state index in [9.17, 15) is 0 Å².